The van der Waals surface area contributed by atoms with Gasteiger partial charge in [0.15, 0.2) is 0 Å². The Morgan fingerprint density at radius 2 is 1.92 bits per heavy atom. The molecule has 0 heterocycles. The second-order valence-corrected chi connectivity index (χ2v) is 6.64. The van der Waals surface area contributed by atoms with Crippen molar-refractivity contribution in [3.63, 3.8) is 0 Å². The number of nitrogens with zero attached hydrogens (tertiary/aromatic N) is 2. The number of nitrogens with one attached hydrogen (secondary N) is 1. The normalized spacial score (nSPS) is 11.5. The van der Waals surface area contributed by atoms with E-state index in [-0.39, 0.29) is 17.2 Å². The van der Waals surface area contributed by atoms with Crippen molar-refractivity contribution < 1.29 is 14.5 Å². The summed E-state index contributed by atoms with van der Waals surface area (Å²) >= 11 is 3.44. The molecule has 1 N–H and O–H groups in total. The molecular weight excluding hydrogens is 402 g/mol. The van der Waals surface area contributed by atoms with Crippen LogP contribution in [0.4, 0.5) is 5.69 Å². The molecular formula is C18H18BrN3O4. The average Bonchev–Trinajstić information content (AvgIpc) is 2.62. The lowest BCUT2D eigenvalue weighted by Crippen LogP contribution is -2.45. The Bertz CT molecular complexity index is 841. The van der Waals surface area contributed by atoms with E-state index in [2.05, 4.69) is 21.2 Å². The zero-order chi connectivity index (χ0) is 19.3. The fourth-order valence-electron chi connectivity index (χ4n) is 2.39. The van der Waals surface area contributed by atoms with Crippen LogP contribution >= 0.6 is 15.9 Å². The van der Waals surface area contributed by atoms with E-state index >= 15 is 0 Å². The molecule has 2 aromatic carbocycles. The van der Waals surface area contributed by atoms with Crippen molar-refractivity contribution in [2.24, 2.45) is 0 Å². The molecule has 2 amide bonds. The second-order valence-electron chi connectivity index (χ2n) is 5.79. The first-order valence-electron chi connectivity index (χ1n) is 7.83. The van der Waals surface area contributed by atoms with Gasteiger partial charge in [-0.25, -0.2) is 0 Å². The Labute approximate surface area is 159 Å². The molecule has 0 saturated heterocycles. The van der Waals surface area contributed by atoms with Gasteiger partial charge in [-0.15, -0.1) is 0 Å². The van der Waals surface area contributed by atoms with Crippen molar-refractivity contribution >= 4 is 33.4 Å². The van der Waals surface area contributed by atoms with Crippen molar-refractivity contribution in [3.8, 4) is 0 Å². The minimum Gasteiger partial charge on any atom is -0.341 e. The standard InChI is InChI=1S/C18H18BrN3O4/c1-12(18(24)21(2)11-14-6-3-4-9-16(14)19)20-17(23)13-7-5-8-15(10-13)22(25)26/h3-10,12H,11H2,1-2H3,(H,20,23). The summed E-state index contributed by atoms with van der Waals surface area (Å²) < 4.78 is 0.896. The lowest BCUT2D eigenvalue weighted by Gasteiger charge is -2.22. The van der Waals surface area contributed by atoms with Crippen molar-refractivity contribution in [1.82, 2.24) is 10.2 Å². The number of likely N-dealkylation sites (N-methyl/N-ethyl adjacent to an activating group) is 1. The highest BCUT2D eigenvalue weighted by molar-refractivity contribution is 9.10. The lowest BCUT2D eigenvalue weighted by atomic mass is 10.1. The summed E-state index contributed by atoms with van der Waals surface area (Å²) in [5.41, 5.74) is 0.899. The molecule has 7 nitrogen and oxygen atoms in total. The predicted molar refractivity (Wildman–Crippen MR) is 101 cm³/mol. The Morgan fingerprint density at radius 3 is 2.58 bits per heavy atom. The summed E-state index contributed by atoms with van der Waals surface area (Å²) in [4.78, 5) is 36.5. The lowest BCUT2D eigenvalue weighted by molar-refractivity contribution is -0.384. The Morgan fingerprint density at radius 1 is 1.23 bits per heavy atom. The molecule has 26 heavy (non-hydrogen) atoms. The van der Waals surface area contributed by atoms with Gasteiger partial charge in [0.25, 0.3) is 11.6 Å². The van der Waals surface area contributed by atoms with Gasteiger partial charge in [0.05, 0.1) is 4.92 Å². The molecule has 0 spiro atoms. The molecule has 2 aromatic rings. The summed E-state index contributed by atoms with van der Waals surface area (Å²) in [7, 11) is 1.65. The number of carbonyl (C=O) groups is 2. The molecule has 2 rings (SSSR count). The fourth-order valence-corrected chi connectivity index (χ4v) is 2.80. The van der Waals surface area contributed by atoms with E-state index in [1.807, 2.05) is 24.3 Å². The topological polar surface area (TPSA) is 92.5 Å². The Kier molecular flexibility index (Phi) is 6.46. The van der Waals surface area contributed by atoms with Gasteiger partial charge in [-0.2, -0.15) is 0 Å². The molecule has 0 aromatic heterocycles. The number of benzene rings is 2. The quantitative estimate of drug-likeness (QED) is 0.574. The molecule has 8 heteroatoms. The molecule has 0 aliphatic heterocycles. The number of hydrogen-bond donors (Lipinski definition) is 1. The number of carbonyl (C=O) groups excluding carboxylic acids is 2. The third kappa shape index (κ3) is 4.89. The maximum atomic E-state index is 12.5. The van der Waals surface area contributed by atoms with Crippen molar-refractivity contribution in [2.75, 3.05) is 7.05 Å². The Balaban J connectivity index is 2.02. The maximum absolute atomic E-state index is 12.5. The molecule has 0 aliphatic rings. The smallest absolute Gasteiger partial charge is 0.270 e. The van der Waals surface area contributed by atoms with E-state index in [4.69, 9.17) is 0 Å². The molecule has 0 bridgehead atoms. The van der Waals surface area contributed by atoms with E-state index in [1.54, 1.807) is 14.0 Å². The van der Waals surface area contributed by atoms with E-state index in [0.717, 1.165) is 10.0 Å². The number of nitro benzene ring substituents is 1. The van der Waals surface area contributed by atoms with Gasteiger partial charge in [-0.05, 0) is 24.6 Å². The second kappa shape index (κ2) is 8.57. The van der Waals surface area contributed by atoms with Crippen molar-refractivity contribution in [1.29, 1.82) is 0 Å². The SMILES string of the molecule is CC(NC(=O)c1cccc([N+](=O)[O-])c1)C(=O)N(C)Cc1ccccc1Br. The van der Waals surface area contributed by atoms with Gasteiger partial charge in [0, 0.05) is 35.8 Å². The van der Waals surface area contributed by atoms with E-state index in [0.29, 0.717) is 6.54 Å². The highest BCUT2D eigenvalue weighted by atomic mass is 79.9. The number of rotatable bonds is 6. The van der Waals surface area contributed by atoms with Crippen LogP contribution in [0.25, 0.3) is 0 Å². The summed E-state index contributed by atoms with van der Waals surface area (Å²) in [6.07, 6.45) is 0. The highest BCUT2D eigenvalue weighted by Crippen LogP contribution is 2.18. The minimum atomic E-state index is -0.769. The molecule has 0 radical (unpaired) electrons. The molecule has 1 atom stereocenters. The van der Waals surface area contributed by atoms with Crippen LogP contribution < -0.4 is 5.32 Å². The monoisotopic (exact) mass is 419 g/mol. The van der Waals surface area contributed by atoms with Gasteiger partial charge in [0.2, 0.25) is 5.91 Å². The molecule has 0 fully saturated rings. The first kappa shape index (κ1) is 19.6. The van der Waals surface area contributed by atoms with E-state index in [1.165, 1.54) is 29.2 Å². The first-order chi connectivity index (χ1) is 12.3. The van der Waals surface area contributed by atoms with Gasteiger partial charge < -0.3 is 10.2 Å². The Hall–Kier alpha value is -2.74. The summed E-state index contributed by atoms with van der Waals surface area (Å²) in [6.45, 7) is 1.96. The van der Waals surface area contributed by atoms with Gasteiger partial charge in [0.1, 0.15) is 6.04 Å². The fraction of sp³-hybridized carbons (Fsp3) is 0.222. The zero-order valence-corrected chi connectivity index (χ0v) is 15.9. The van der Waals surface area contributed by atoms with Crippen LogP contribution in [0.2, 0.25) is 0 Å². The average molecular weight is 420 g/mol. The number of halogens is 1. The number of amides is 2. The van der Waals surface area contributed by atoms with Crippen molar-refractivity contribution in [3.05, 3.63) is 74.2 Å². The van der Waals surface area contributed by atoms with Gasteiger partial charge >= 0.3 is 0 Å². The summed E-state index contributed by atoms with van der Waals surface area (Å²) in [5, 5.41) is 13.4. The third-order valence-electron chi connectivity index (χ3n) is 3.78. The molecule has 0 aliphatic carbocycles. The van der Waals surface area contributed by atoms with Crippen LogP contribution in [-0.4, -0.2) is 34.7 Å². The highest BCUT2D eigenvalue weighted by Gasteiger charge is 2.21. The van der Waals surface area contributed by atoms with Gasteiger partial charge in [-0.1, -0.05) is 40.2 Å². The number of hydrogen-bond acceptors (Lipinski definition) is 4. The van der Waals surface area contributed by atoms with Crippen LogP contribution in [-0.2, 0) is 11.3 Å². The maximum Gasteiger partial charge on any atom is 0.270 e. The third-order valence-corrected chi connectivity index (χ3v) is 4.55. The van der Waals surface area contributed by atoms with E-state index < -0.39 is 16.9 Å². The summed E-state index contributed by atoms with van der Waals surface area (Å²) in [6, 6.07) is 12.2. The minimum absolute atomic E-state index is 0.132. The predicted octanol–water partition coefficient (Wildman–Crippen LogP) is 3.13. The number of non-ortho nitro benzene ring substituents is 1. The first-order valence-corrected chi connectivity index (χ1v) is 8.62. The summed E-state index contributed by atoms with van der Waals surface area (Å²) in [5.74, 6) is -0.802. The molecule has 0 saturated carbocycles. The van der Waals surface area contributed by atoms with Crippen LogP contribution in [0, 0.1) is 10.1 Å². The van der Waals surface area contributed by atoms with Gasteiger partial charge in [-0.3, -0.25) is 19.7 Å². The van der Waals surface area contributed by atoms with Crippen LogP contribution in [0.15, 0.2) is 53.0 Å². The van der Waals surface area contributed by atoms with Crippen molar-refractivity contribution in [2.45, 2.75) is 19.5 Å². The van der Waals surface area contributed by atoms with Crippen LogP contribution in [0.1, 0.15) is 22.8 Å². The number of nitro groups is 1. The molecule has 136 valence electrons. The zero-order valence-electron chi connectivity index (χ0n) is 14.3. The van der Waals surface area contributed by atoms with Crippen LogP contribution in [0.5, 0.6) is 0 Å². The molecule has 1 unspecified atom stereocenters. The largest absolute Gasteiger partial charge is 0.341 e. The van der Waals surface area contributed by atoms with E-state index in [9.17, 15) is 19.7 Å². The van der Waals surface area contributed by atoms with Crippen LogP contribution in [0.3, 0.4) is 0 Å².